The summed E-state index contributed by atoms with van der Waals surface area (Å²) in [5.74, 6) is -1.75. The van der Waals surface area contributed by atoms with Gasteiger partial charge in [-0.15, -0.1) is 0 Å². The molecule has 0 atom stereocenters. The Hall–Kier alpha value is -2.92. The van der Waals surface area contributed by atoms with Gasteiger partial charge >= 0.3 is 11.7 Å². The second-order valence-corrected chi connectivity index (χ2v) is 8.06. The third-order valence-corrected chi connectivity index (χ3v) is 6.22. The fourth-order valence-corrected chi connectivity index (χ4v) is 4.26. The molecule has 28 heavy (non-hydrogen) atoms. The van der Waals surface area contributed by atoms with E-state index in [1.54, 1.807) is 0 Å². The van der Waals surface area contributed by atoms with Crippen LogP contribution in [0.3, 0.4) is 0 Å². The van der Waals surface area contributed by atoms with Gasteiger partial charge in [0.2, 0.25) is 0 Å². The molecule has 2 aromatic rings. The Morgan fingerprint density at radius 1 is 1.11 bits per heavy atom. The molecule has 11 heteroatoms. The lowest BCUT2D eigenvalue weighted by molar-refractivity contribution is 0.102. The Balaban J connectivity index is 1.85. The topological polar surface area (TPSA) is 120 Å². The van der Waals surface area contributed by atoms with E-state index < -0.39 is 38.1 Å². The summed E-state index contributed by atoms with van der Waals surface area (Å²) < 4.78 is 39.3. The Kier molecular flexibility index (Phi) is 5.38. The molecule has 1 aliphatic heterocycles. The van der Waals surface area contributed by atoms with Crippen LogP contribution in [0.5, 0.6) is 5.75 Å². The summed E-state index contributed by atoms with van der Waals surface area (Å²) in [5, 5.41) is 19.2. The van der Waals surface area contributed by atoms with E-state index in [1.807, 2.05) is 4.90 Å². The highest BCUT2D eigenvalue weighted by Crippen LogP contribution is 2.20. The number of carboxylic acid groups (broad SMARTS) is 1. The first-order valence-corrected chi connectivity index (χ1v) is 9.79. The van der Waals surface area contributed by atoms with Gasteiger partial charge in [0, 0.05) is 44.5 Å². The van der Waals surface area contributed by atoms with E-state index in [0.717, 1.165) is 18.3 Å². The predicted octanol–water partition coefficient (Wildman–Crippen LogP) is 0.726. The van der Waals surface area contributed by atoms with Crippen LogP contribution in [0, 0.1) is 5.82 Å². The number of hydrogen-bond acceptors (Lipinski definition) is 6. The van der Waals surface area contributed by atoms with Gasteiger partial charge in [0.05, 0.1) is 0 Å². The second-order valence-electron chi connectivity index (χ2n) is 6.27. The van der Waals surface area contributed by atoms with Gasteiger partial charge in [-0.3, -0.25) is 9.69 Å². The number of pyridine rings is 1. The van der Waals surface area contributed by atoms with Crippen LogP contribution in [0.1, 0.15) is 5.56 Å². The molecule has 1 fully saturated rings. The number of rotatable bonds is 4. The zero-order valence-electron chi connectivity index (χ0n) is 14.7. The first-order valence-electron chi connectivity index (χ1n) is 8.35. The van der Waals surface area contributed by atoms with Crippen LogP contribution in [-0.4, -0.2) is 64.7 Å². The Morgan fingerprint density at radius 2 is 1.75 bits per heavy atom. The molecule has 9 nitrogen and oxygen atoms in total. The van der Waals surface area contributed by atoms with Crippen LogP contribution in [0.15, 0.2) is 46.2 Å². The van der Waals surface area contributed by atoms with Crippen LogP contribution in [0.2, 0.25) is 0 Å². The summed E-state index contributed by atoms with van der Waals surface area (Å²) in [5.41, 5.74) is -0.973. The molecule has 0 radical (unpaired) electrons. The molecule has 3 rings (SSSR count). The van der Waals surface area contributed by atoms with Crippen LogP contribution in [0.25, 0.3) is 0 Å². The van der Waals surface area contributed by atoms with Crippen molar-refractivity contribution in [2.45, 2.75) is 11.4 Å². The number of halogens is 1. The normalized spacial score (nSPS) is 15.5. The lowest BCUT2D eigenvalue weighted by Crippen LogP contribution is -2.47. The third-order valence-electron chi connectivity index (χ3n) is 4.53. The predicted molar refractivity (Wildman–Crippen MR) is 96.2 cm³/mol. The smallest absolute Gasteiger partial charge is 0.407 e. The molecule has 0 unspecified atom stereocenters. The second kappa shape index (κ2) is 7.60. The number of aromatic nitrogens is 1. The largest absolute Gasteiger partial charge is 0.503 e. The van der Waals surface area contributed by atoms with Crippen molar-refractivity contribution < 1.29 is 27.8 Å². The molecule has 0 aliphatic carbocycles. The average molecular weight is 411 g/mol. The van der Waals surface area contributed by atoms with Crippen LogP contribution < -0.4 is 5.56 Å². The van der Waals surface area contributed by atoms with Crippen LogP contribution in [-0.2, 0) is 16.6 Å². The molecule has 150 valence electrons. The van der Waals surface area contributed by atoms with Crippen molar-refractivity contribution >= 4 is 16.1 Å². The standard InChI is InChI=1S/C17H18FN3O6S/c18-13-3-1-2-4-14(13)28(26,27)21-6-5-12(15(22)16(21)23)11-19-7-9-20(10-8-19)17(24)25/h1-6,22H,7-11H2,(H,24,25). The molecule has 0 bridgehead atoms. The number of hydrogen-bond donors (Lipinski definition) is 2. The van der Waals surface area contributed by atoms with Gasteiger partial charge in [0.15, 0.2) is 5.75 Å². The van der Waals surface area contributed by atoms with Crippen LogP contribution in [0.4, 0.5) is 9.18 Å². The lowest BCUT2D eigenvalue weighted by Gasteiger charge is -2.33. The molecule has 0 saturated carbocycles. The molecular weight excluding hydrogens is 393 g/mol. The first-order chi connectivity index (χ1) is 13.2. The van der Waals surface area contributed by atoms with Crippen molar-refractivity contribution in [2.24, 2.45) is 0 Å². The monoisotopic (exact) mass is 411 g/mol. The van der Waals surface area contributed by atoms with Gasteiger partial charge in [0.25, 0.3) is 10.0 Å². The van der Waals surface area contributed by atoms with Crippen molar-refractivity contribution in [1.29, 1.82) is 0 Å². The van der Waals surface area contributed by atoms with E-state index in [0.29, 0.717) is 17.1 Å². The molecule has 2 N–H and O–H groups in total. The number of nitrogens with zero attached hydrogens (tertiary/aromatic N) is 3. The number of aromatic hydroxyl groups is 1. The molecule has 2 heterocycles. The number of benzene rings is 1. The zero-order chi connectivity index (χ0) is 20.5. The third kappa shape index (κ3) is 3.71. The fraction of sp³-hybridized carbons (Fsp3) is 0.294. The van der Waals surface area contributed by atoms with Crippen molar-refractivity contribution in [3.63, 3.8) is 0 Å². The molecule has 1 aliphatic rings. The maximum atomic E-state index is 13.9. The molecule has 1 aromatic heterocycles. The SMILES string of the molecule is O=C(O)N1CCN(Cc2ccn(S(=O)(=O)c3ccccc3F)c(=O)c2O)CC1. The summed E-state index contributed by atoms with van der Waals surface area (Å²) in [6.07, 6.45) is -0.0319. The maximum Gasteiger partial charge on any atom is 0.407 e. The van der Waals surface area contributed by atoms with Crippen molar-refractivity contribution in [1.82, 2.24) is 13.8 Å². The Labute approximate surface area is 159 Å². The van der Waals surface area contributed by atoms with Crippen molar-refractivity contribution in [2.75, 3.05) is 26.2 Å². The lowest BCUT2D eigenvalue weighted by atomic mass is 10.2. The maximum absolute atomic E-state index is 13.9. The van der Waals surface area contributed by atoms with Crippen molar-refractivity contribution in [3.05, 3.63) is 58.3 Å². The molecule has 1 saturated heterocycles. The molecule has 1 aromatic carbocycles. The van der Waals surface area contributed by atoms with E-state index in [4.69, 9.17) is 5.11 Å². The number of carbonyl (C=O) groups is 1. The molecule has 0 spiro atoms. The molecule has 1 amide bonds. The summed E-state index contributed by atoms with van der Waals surface area (Å²) in [4.78, 5) is 25.8. The quantitative estimate of drug-likeness (QED) is 0.761. The average Bonchev–Trinajstić information content (AvgIpc) is 2.66. The highest BCUT2D eigenvalue weighted by Gasteiger charge is 2.26. The van der Waals surface area contributed by atoms with Gasteiger partial charge in [-0.05, 0) is 18.2 Å². The summed E-state index contributed by atoms with van der Waals surface area (Å²) >= 11 is 0. The highest BCUT2D eigenvalue weighted by molar-refractivity contribution is 7.90. The van der Waals surface area contributed by atoms with Gasteiger partial charge < -0.3 is 15.1 Å². The first kappa shape index (κ1) is 19.8. The minimum atomic E-state index is -4.51. The van der Waals surface area contributed by atoms with E-state index >= 15 is 0 Å². The zero-order valence-corrected chi connectivity index (χ0v) is 15.5. The minimum Gasteiger partial charge on any atom is -0.503 e. The summed E-state index contributed by atoms with van der Waals surface area (Å²) in [6, 6.07) is 5.92. The van der Waals surface area contributed by atoms with Gasteiger partial charge in [-0.1, -0.05) is 12.1 Å². The number of amides is 1. The van der Waals surface area contributed by atoms with Gasteiger partial charge in [0.1, 0.15) is 10.7 Å². The number of piperazine rings is 1. The van der Waals surface area contributed by atoms with E-state index in [1.165, 1.54) is 23.1 Å². The minimum absolute atomic E-state index is 0.148. The molecular formula is C17H18FN3O6S. The van der Waals surface area contributed by atoms with Crippen LogP contribution >= 0.6 is 0 Å². The van der Waals surface area contributed by atoms with Gasteiger partial charge in [-0.25, -0.2) is 21.6 Å². The van der Waals surface area contributed by atoms with Crippen molar-refractivity contribution in [3.8, 4) is 5.75 Å². The fourth-order valence-electron chi connectivity index (χ4n) is 2.96. The van der Waals surface area contributed by atoms with E-state index in [2.05, 4.69) is 0 Å². The van der Waals surface area contributed by atoms with Gasteiger partial charge in [-0.2, -0.15) is 0 Å². The highest BCUT2D eigenvalue weighted by atomic mass is 32.2. The van der Waals surface area contributed by atoms with E-state index in [9.17, 15) is 27.5 Å². The van der Waals surface area contributed by atoms with E-state index in [-0.39, 0.29) is 25.2 Å². The Bertz CT molecular complexity index is 1060. The summed E-state index contributed by atoms with van der Waals surface area (Å²) in [7, 11) is -4.51. The summed E-state index contributed by atoms with van der Waals surface area (Å²) in [6.45, 7) is 1.53. The Morgan fingerprint density at radius 3 is 2.36 bits per heavy atom.